The summed E-state index contributed by atoms with van der Waals surface area (Å²) in [4.78, 5) is 40.3. The lowest BCUT2D eigenvalue weighted by molar-refractivity contribution is -0.220. The number of hydrogen-bond donors (Lipinski definition) is 7. The fourth-order valence-corrected chi connectivity index (χ4v) is 6.58. The number of phenols is 2. The van der Waals surface area contributed by atoms with Gasteiger partial charge in [0.15, 0.2) is 12.1 Å². The van der Waals surface area contributed by atoms with Crippen molar-refractivity contribution in [3.05, 3.63) is 51.6 Å². The number of hydrazone groups is 1. The Morgan fingerprint density at radius 2 is 1.80 bits per heavy atom. The zero-order valence-corrected chi connectivity index (χ0v) is 28.6. The second kappa shape index (κ2) is 16.6. The average Bonchev–Trinajstić information content (AvgIpc) is 3.11. The number of methoxy groups -OCH3 is 1. The maximum atomic E-state index is 13.9. The number of aliphatic hydroxyl groups is 3. The van der Waals surface area contributed by atoms with E-state index in [0.29, 0.717) is 32.8 Å². The molecule has 51 heavy (non-hydrogen) atoms. The number of ketones is 2. The van der Waals surface area contributed by atoms with E-state index in [1.807, 2.05) is 6.92 Å². The van der Waals surface area contributed by atoms with Gasteiger partial charge in [-0.05, 0) is 18.9 Å². The van der Waals surface area contributed by atoms with E-state index < -0.39 is 89.7 Å². The van der Waals surface area contributed by atoms with Gasteiger partial charge in [-0.25, -0.2) is 5.43 Å². The Morgan fingerprint density at radius 3 is 2.49 bits per heavy atom. The minimum absolute atomic E-state index is 0.0115. The number of rotatable bonds is 15. The normalized spacial score (nSPS) is 24.5. The molecule has 0 spiro atoms. The number of hydrogen-bond acceptors (Lipinski definition) is 15. The molecule has 2 aromatic rings. The number of carbonyl (C=O) groups excluding carboxylic acids is 3. The van der Waals surface area contributed by atoms with Crippen LogP contribution in [0.5, 0.6) is 17.2 Å². The lowest BCUT2D eigenvalue weighted by Gasteiger charge is -2.42. The molecule has 8 N–H and O–H groups in total. The number of nitrogens with one attached hydrogen (secondary N) is 1. The van der Waals surface area contributed by atoms with Crippen LogP contribution in [0.4, 0.5) is 0 Å². The topological polar surface area (TPSA) is 249 Å². The maximum Gasteiger partial charge on any atom is 0.240 e. The minimum Gasteiger partial charge on any atom is -0.507 e. The van der Waals surface area contributed by atoms with Crippen LogP contribution >= 0.6 is 0 Å². The number of benzene rings is 2. The first-order valence-corrected chi connectivity index (χ1v) is 16.9. The van der Waals surface area contributed by atoms with Crippen molar-refractivity contribution in [3.8, 4) is 17.2 Å². The predicted octanol–water partition coefficient (Wildman–Crippen LogP) is 0.739. The Labute approximate surface area is 294 Å². The summed E-state index contributed by atoms with van der Waals surface area (Å²) < 4.78 is 27.9. The Kier molecular flexibility index (Phi) is 12.4. The van der Waals surface area contributed by atoms with Crippen LogP contribution in [0.15, 0.2) is 23.3 Å². The van der Waals surface area contributed by atoms with E-state index in [0.717, 1.165) is 6.42 Å². The molecule has 16 heteroatoms. The Bertz CT molecular complexity index is 1660. The third kappa shape index (κ3) is 7.93. The van der Waals surface area contributed by atoms with E-state index in [1.165, 1.54) is 25.3 Å². The molecule has 0 aromatic heterocycles. The summed E-state index contributed by atoms with van der Waals surface area (Å²) in [6.07, 6.45) is -2.97. The van der Waals surface area contributed by atoms with Gasteiger partial charge in [0.2, 0.25) is 11.7 Å². The zero-order chi connectivity index (χ0) is 36.9. The molecule has 2 aromatic carbocycles. The van der Waals surface area contributed by atoms with Gasteiger partial charge in [-0.1, -0.05) is 19.1 Å². The first-order valence-electron chi connectivity index (χ1n) is 16.9. The van der Waals surface area contributed by atoms with Crippen LogP contribution in [0.25, 0.3) is 0 Å². The van der Waals surface area contributed by atoms with E-state index in [2.05, 4.69) is 10.5 Å². The first-order chi connectivity index (χ1) is 24.4. The lowest BCUT2D eigenvalue weighted by Crippen LogP contribution is -2.50. The van der Waals surface area contributed by atoms with Gasteiger partial charge in [0.1, 0.15) is 22.8 Å². The van der Waals surface area contributed by atoms with Gasteiger partial charge >= 0.3 is 0 Å². The van der Waals surface area contributed by atoms with Gasteiger partial charge < -0.3 is 55.0 Å². The van der Waals surface area contributed by atoms with Gasteiger partial charge in [0.05, 0.1) is 68.1 Å². The highest BCUT2D eigenvalue weighted by Crippen LogP contribution is 2.52. The molecule has 2 aliphatic carbocycles. The average molecular weight is 716 g/mol. The van der Waals surface area contributed by atoms with Crippen LogP contribution in [0.3, 0.4) is 0 Å². The summed E-state index contributed by atoms with van der Waals surface area (Å²) in [5.74, 6) is -3.31. The molecule has 0 saturated carbocycles. The predicted molar refractivity (Wildman–Crippen MR) is 179 cm³/mol. The lowest BCUT2D eigenvalue weighted by atomic mass is 9.71. The van der Waals surface area contributed by atoms with Gasteiger partial charge in [-0.15, -0.1) is 0 Å². The number of aliphatic hydroxyl groups excluding tert-OH is 2. The van der Waals surface area contributed by atoms with Crippen molar-refractivity contribution in [1.29, 1.82) is 0 Å². The van der Waals surface area contributed by atoms with E-state index in [1.54, 1.807) is 0 Å². The number of fused-ring (bicyclic) bond motifs is 3. The number of ether oxygens (including phenoxy) is 5. The van der Waals surface area contributed by atoms with E-state index in [9.17, 15) is 39.9 Å². The first kappa shape index (κ1) is 38.2. The van der Waals surface area contributed by atoms with E-state index in [4.69, 9.17) is 29.4 Å². The fourth-order valence-electron chi connectivity index (χ4n) is 6.58. The molecule has 1 heterocycles. The summed E-state index contributed by atoms with van der Waals surface area (Å²) in [6.45, 7) is 2.76. The summed E-state index contributed by atoms with van der Waals surface area (Å²) in [6, 6.07) is 3.66. The number of aromatic hydroxyl groups is 2. The molecule has 0 radical (unpaired) electrons. The Balaban J connectivity index is 1.46. The molecule has 0 bridgehead atoms. The van der Waals surface area contributed by atoms with Crippen molar-refractivity contribution in [2.45, 2.75) is 75.6 Å². The highest BCUT2D eigenvalue weighted by atomic mass is 16.7. The summed E-state index contributed by atoms with van der Waals surface area (Å²) in [7, 11) is 1.33. The number of amides is 1. The van der Waals surface area contributed by atoms with Gasteiger partial charge in [-0.2, -0.15) is 5.10 Å². The standard InChI is InChI=1S/C35H45N3O13/c1-3-9-48-11-12-49-10-5-8-25(41)38-37-24(16-39)35(46)14-19-28(23(15-35)51-26-13-20(36)21(40)17-50-26)34(45)30-29(32(19)43)31(42)18-6-4-7-22(47-2)27(18)33(30)44/h4,6-7,20-21,23,26,39-40,43,45-46H,3,5,8-17,36H2,1-2H3,(H,38,41)/t20?,21?,23-,26?,35-/m0/s1. The van der Waals surface area contributed by atoms with Gasteiger partial charge in [-0.3, -0.25) is 14.4 Å². The Hall–Kier alpha value is -4.00. The van der Waals surface area contributed by atoms with Crippen molar-refractivity contribution >= 4 is 23.2 Å². The van der Waals surface area contributed by atoms with E-state index in [-0.39, 0.29) is 53.2 Å². The summed E-state index contributed by atoms with van der Waals surface area (Å²) in [5.41, 5.74) is 4.62. The zero-order valence-electron chi connectivity index (χ0n) is 28.6. The van der Waals surface area contributed by atoms with Crippen molar-refractivity contribution < 1.29 is 63.6 Å². The number of carbonyl (C=O) groups is 3. The number of nitrogens with two attached hydrogens (primary N) is 1. The largest absolute Gasteiger partial charge is 0.507 e. The minimum atomic E-state index is -2.11. The highest BCUT2D eigenvalue weighted by Gasteiger charge is 2.49. The summed E-state index contributed by atoms with van der Waals surface area (Å²) in [5, 5.41) is 59.9. The third-order valence-corrected chi connectivity index (χ3v) is 9.22. The molecule has 1 fully saturated rings. The Morgan fingerprint density at radius 1 is 1.08 bits per heavy atom. The van der Waals surface area contributed by atoms with Crippen molar-refractivity contribution in [2.24, 2.45) is 10.8 Å². The molecular weight excluding hydrogens is 670 g/mol. The molecule has 1 saturated heterocycles. The SMILES string of the molecule is CCCOCCOCCCC(=O)NN=C(CO)[C@]1(O)Cc2c(O)c3c(c(O)c2[C@@H](OC2CC(N)C(O)CO2)C1)C(=O)c1c(OC)cccc1C3=O. The molecule has 3 aliphatic rings. The van der Waals surface area contributed by atoms with Gasteiger partial charge in [0, 0.05) is 61.6 Å². The smallest absolute Gasteiger partial charge is 0.240 e. The second-order valence-corrected chi connectivity index (χ2v) is 12.7. The number of nitrogens with zero attached hydrogens (tertiary/aromatic N) is 1. The molecule has 16 nitrogen and oxygen atoms in total. The molecule has 1 aliphatic heterocycles. The molecule has 1 amide bonds. The molecule has 5 rings (SSSR count). The third-order valence-electron chi connectivity index (χ3n) is 9.22. The highest BCUT2D eigenvalue weighted by molar-refractivity contribution is 6.31. The molecule has 5 atom stereocenters. The van der Waals surface area contributed by atoms with Crippen LogP contribution in [0.2, 0.25) is 0 Å². The molecule has 278 valence electrons. The number of phenolic OH excluding ortho intramolecular Hbond substituents is 2. The maximum absolute atomic E-state index is 13.9. The van der Waals surface area contributed by atoms with Crippen LogP contribution < -0.4 is 15.9 Å². The van der Waals surface area contributed by atoms with Crippen LogP contribution in [0, 0.1) is 0 Å². The van der Waals surface area contributed by atoms with Crippen molar-refractivity contribution in [1.82, 2.24) is 5.43 Å². The fraction of sp³-hybridized carbons (Fsp3) is 0.543. The van der Waals surface area contributed by atoms with Crippen LogP contribution in [0.1, 0.15) is 88.1 Å². The van der Waals surface area contributed by atoms with Gasteiger partial charge in [0.25, 0.3) is 0 Å². The van der Waals surface area contributed by atoms with Crippen molar-refractivity contribution in [3.63, 3.8) is 0 Å². The monoisotopic (exact) mass is 715 g/mol. The van der Waals surface area contributed by atoms with Crippen LogP contribution in [-0.2, 0) is 30.2 Å². The molecular formula is C35H45N3O13. The van der Waals surface area contributed by atoms with Crippen LogP contribution in [-0.4, -0.2) is 120 Å². The summed E-state index contributed by atoms with van der Waals surface area (Å²) >= 11 is 0. The quantitative estimate of drug-likeness (QED) is 0.0497. The second-order valence-electron chi connectivity index (χ2n) is 12.7. The van der Waals surface area contributed by atoms with E-state index >= 15 is 0 Å². The van der Waals surface area contributed by atoms with Crippen molar-refractivity contribution in [2.75, 3.05) is 46.8 Å². The molecule has 3 unspecified atom stereocenters.